The first-order valence-electron chi connectivity index (χ1n) is 10.2. The van der Waals surface area contributed by atoms with Crippen LogP contribution < -0.4 is 9.64 Å². The number of halogens is 5. The van der Waals surface area contributed by atoms with Crippen molar-refractivity contribution in [1.82, 2.24) is 0 Å². The Morgan fingerprint density at radius 3 is 2.26 bits per heavy atom. The van der Waals surface area contributed by atoms with Crippen molar-refractivity contribution in [3.8, 4) is 5.75 Å². The number of hydrogen-bond donors (Lipinski definition) is 1. The van der Waals surface area contributed by atoms with Gasteiger partial charge in [-0.2, -0.15) is 13.2 Å². The van der Waals surface area contributed by atoms with Crippen LogP contribution in [-0.2, 0) is 9.53 Å². The molecule has 1 amide bonds. The molecule has 2 fully saturated rings. The summed E-state index contributed by atoms with van der Waals surface area (Å²) in [7, 11) is 0. The van der Waals surface area contributed by atoms with Crippen LogP contribution >= 0.6 is 0 Å². The molecular weight excluding hydrogens is 425 g/mol. The summed E-state index contributed by atoms with van der Waals surface area (Å²) >= 11 is 0. The maximum Gasteiger partial charge on any atom is 0.425 e. The minimum atomic E-state index is -4.47. The molecule has 10 heteroatoms. The van der Waals surface area contributed by atoms with Crippen molar-refractivity contribution in [2.45, 2.75) is 63.3 Å². The number of amides is 1. The lowest BCUT2D eigenvalue weighted by Gasteiger charge is -2.40. The molecule has 0 bridgehead atoms. The molecule has 1 spiro atoms. The first-order chi connectivity index (χ1) is 14.4. The molecule has 1 aromatic rings. The van der Waals surface area contributed by atoms with Gasteiger partial charge >= 0.3 is 6.18 Å². The number of hydrogen-bond acceptors (Lipinski definition) is 4. The predicted octanol–water partition coefficient (Wildman–Crippen LogP) is 4.33. The molecule has 1 saturated carbocycles. The third kappa shape index (κ3) is 5.46. The Labute approximate surface area is 177 Å². The summed E-state index contributed by atoms with van der Waals surface area (Å²) in [5.74, 6) is -0.0400. The SMILES string of the molecule is C[C@H](Oc1ccc(N2CC[C@]3(CC[C@@](O)(COCC(F)F)CC3)C2=O)cc1)C(F)(F)F. The average Bonchev–Trinajstić information content (AvgIpc) is 3.01. The van der Waals surface area contributed by atoms with Crippen molar-refractivity contribution in [2.75, 3.05) is 24.7 Å². The van der Waals surface area contributed by atoms with Gasteiger partial charge in [0, 0.05) is 12.2 Å². The summed E-state index contributed by atoms with van der Waals surface area (Å²) in [6.45, 7) is 0.452. The zero-order valence-electron chi connectivity index (χ0n) is 17.1. The third-order valence-corrected chi connectivity index (χ3v) is 6.19. The highest BCUT2D eigenvalue weighted by molar-refractivity contribution is 6.00. The number of anilines is 1. The van der Waals surface area contributed by atoms with E-state index in [1.165, 1.54) is 12.1 Å². The highest BCUT2D eigenvalue weighted by Gasteiger charge is 2.51. The lowest BCUT2D eigenvalue weighted by Crippen LogP contribution is -2.46. The normalized spacial score (nSPS) is 27.9. The molecule has 0 aromatic heterocycles. The smallest absolute Gasteiger partial charge is 0.425 e. The molecular formula is C21H26F5NO4. The van der Waals surface area contributed by atoms with Crippen molar-refractivity contribution < 1.29 is 41.3 Å². The zero-order chi connectivity index (χ0) is 22.9. The predicted molar refractivity (Wildman–Crippen MR) is 102 cm³/mol. The largest absolute Gasteiger partial charge is 0.481 e. The van der Waals surface area contributed by atoms with Crippen LogP contribution in [0, 0.1) is 5.41 Å². The molecule has 0 radical (unpaired) electrons. The van der Waals surface area contributed by atoms with Gasteiger partial charge in [-0.1, -0.05) is 0 Å². The van der Waals surface area contributed by atoms with E-state index < -0.39 is 36.3 Å². The van der Waals surface area contributed by atoms with E-state index in [1.54, 1.807) is 17.0 Å². The van der Waals surface area contributed by atoms with Crippen molar-refractivity contribution in [2.24, 2.45) is 5.41 Å². The first kappa shape index (κ1) is 23.7. The highest BCUT2D eigenvalue weighted by atomic mass is 19.4. The van der Waals surface area contributed by atoms with E-state index in [-0.39, 0.29) is 31.1 Å². The second-order valence-corrected chi connectivity index (χ2v) is 8.41. The number of alkyl halides is 5. The van der Waals surface area contributed by atoms with Crippen LogP contribution in [0.15, 0.2) is 24.3 Å². The molecule has 1 atom stereocenters. The van der Waals surface area contributed by atoms with Gasteiger partial charge in [-0.15, -0.1) is 0 Å². The van der Waals surface area contributed by atoms with E-state index in [4.69, 9.17) is 9.47 Å². The van der Waals surface area contributed by atoms with Gasteiger partial charge in [0.25, 0.3) is 6.43 Å². The highest BCUT2D eigenvalue weighted by Crippen LogP contribution is 2.48. The molecule has 5 nitrogen and oxygen atoms in total. The summed E-state index contributed by atoms with van der Waals surface area (Å²) in [4.78, 5) is 14.7. The Morgan fingerprint density at radius 2 is 1.71 bits per heavy atom. The number of carbonyl (C=O) groups is 1. The topological polar surface area (TPSA) is 59.0 Å². The van der Waals surface area contributed by atoms with E-state index in [2.05, 4.69) is 0 Å². The molecule has 1 heterocycles. The molecule has 174 valence electrons. The van der Waals surface area contributed by atoms with Gasteiger partial charge in [0.15, 0.2) is 6.10 Å². The third-order valence-electron chi connectivity index (χ3n) is 6.19. The lowest BCUT2D eigenvalue weighted by molar-refractivity contribution is -0.189. The van der Waals surface area contributed by atoms with Gasteiger partial charge in [-0.3, -0.25) is 4.79 Å². The van der Waals surface area contributed by atoms with Gasteiger partial charge in [0.1, 0.15) is 12.4 Å². The van der Waals surface area contributed by atoms with Crippen LogP contribution in [0.1, 0.15) is 39.0 Å². The molecule has 2 aliphatic rings. The second kappa shape index (κ2) is 8.90. The minimum absolute atomic E-state index is 0.0569. The number of carbonyl (C=O) groups excluding carboxylic acids is 1. The summed E-state index contributed by atoms with van der Waals surface area (Å²) < 4.78 is 72.2. The van der Waals surface area contributed by atoms with Gasteiger partial charge in [0.2, 0.25) is 5.91 Å². The average molecular weight is 451 g/mol. The lowest BCUT2D eigenvalue weighted by atomic mass is 9.68. The quantitative estimate of drug-likeness (QED) is 0.628. The number of rotatable bonds is 7. The van der Waals surface area contributed by atoms with Gasteiger partial charge < -0.3 is 19.5 Å². The molecule has 1 saturated heterocycles. The minimum Gasteiger partial charge on any atom is -0.481 e. The molecule has 31 heavy (non-hydrogen) atoms. The van der Waals surface area contributed by atoms with Crippen molar-refractivity contribution in [3.05, 3.63) is 24.3 Å². The van der Waals surface area contributed by atoms with Crippen LogP contribution in [0.25, 0.3) is 0 Å². The summed E-state index contributed by atoms with van der Waals surface area (Å²) in [6.07, 6.45) is -7.04. The molecule has 1 N–H and O–H groups in total. The fourth-order valence-electron chi connectivity index (χ4n) is 4.18. The maximum atomic E-state index is 13.1. The van der Waals surface area contributed by atoms with Gasteiger partial charge in [-0.05, 0) is 63.3 Å². The Balaban J connectivity index is 1.59. The van der Waals surface area contributed by atoms with E-state index >= 15 is 0 Å². The van der Waals surface area contributed by atoms with Gasteiger partial charge in [-0.25, -0.2) is 8.78 Å². The number of nitrogens with zero attached hydrogens (tertiary/aromatic N) is 1. The van der Waals surface area contributed by atoms with E-state index in [1.807, 2.05) is 0 Å². The molecule has 1 aliphatic carbocycles. The Morgan fingerprint density at radius 1 is 1.10 bits per heavy atom. The number of aliphatic hydroxyl groups is 1. The monoisotopic (exact) mass is 451 g/mol. The maximum absolute atomic E-state index is 13.1. The Bertz CT molecular complexity index is 760. The fourth-order valence-corrected chi connectivity index (χ4v) is 4.18. The molecule has 0 unspecified atom stereocenters. The summed E-state index contributed by atoms with van der Waals surface area (Å²) in [5.41, 5.74) is -1.29. The number of ether oxygens (including phenoxy) is 2. The molecule has 1 aliphatic heterocycles. The Hall–Kier alpha value is -1.94. The van der Waals surface area contributed by atoms with E-state index in [0.29, 0.717) is 31.5 Å². The van der Waals surface area contributed by atoms with Crippen LogP contribution in [0.2, 0.25) is 0 Å². The summed E-state index contributed by atoms with van der Waals surface area (Å²) in [6, 6.07) is 5.89. The van der Waals surface area contributed by atoms with Crippen LogP contribution in [0.3, 0.4) is 0 Å². The number of benzene rings is 1. The van der Waals surface area contributed by atoms with Crippen LogP contribution in [0.5, 0.6) is 5.75 Å². The van der Waals surface area contributed by atoms with Crippen molar-refractivity contribution in [1.29, 1.82) is 0 Å². The standard InChI is InChI=1S/C21H26F5NO4/c1-14(21(24,25)26)31-16-4-2-15(3-5-16)27-11-10-19(18(27)28)6-8-20(29,9-7-19)13-30-12-17(22)23/h2-5,14,17,29H,6-13H2,1H3/t14-,19-,20+/m0/s1. The summed E-state index contributed by atoms with van der Waals surface area (Å²) in [5, 5.41) is 10.6. The molecule has 1 aromatic carbocycles. The molecule has 3 rings (SSSR count). The fraction of sp³-hybridized carbons (Fsp3) is 0.667. The van der Waals surface area contributed by atoms with Crippen LogP contribution in [-0.4, -0.2) is 55.1 Å². The first-order valence-corrected chi connectivity index (χ1v) is 10.2. The van der Waals surface area contributed by atoms with Crippen molar-refractivity contribution >= 4 is 11.6 Å². The zero-order valence-corrected chi connectivity index (χ0v) is 17.1. The Kier molecular flexibility index (Phi) is 6.81. The van der Waals surface area contributed by atoms with Gasteiger partial charge in [0.05, 0.1) is 17.6 Å². The van der Waals surface area contributed by atoms with Crippen LogP contribution in [0.4, 0.5) is 27.6 Å². The van der Waals surface area contributed by atoms with E-state index in [9.17, 15) is 31.9 Å². The van der Waals surface area contributed by atoms with E-state index in [0.717, 1.165) is 6.92 Å². The second-order valence-electron chi connectivity index (χ2n) is 8.41. The van der Waals surface area contributed by atoms with Crippen molar-refractivity contribution in [3.63, 3.8) is 0 Å².